The Morgan fingerprint density at radius 3 is 1.72 bits per heavy atom. The maximum absolute atomic E-state index is 11.6. The van der Waals surface area contributed by atoms with Gasteiger partial charge in [-0.3, -0.25) is 0 Å². The molecule has 0 aliphatic heterocycles. The molecule has 1 atom stereocenters. The summed E-state index contributed by atoms with van der Waals surface area (Å²) in [7, 11) is 0. The maximum atomic E-state index is 11.6. The highest BCUT2D eigenvalue weighted by Crippen LogP contribution is 2.05. The van der Waals surface area contributed by atoms with E-state index in [-0.39, 0.29) is 5.97 Å². The summed E-state index contributed by atoms with van der Waals surface area (Å²) < 4.78 is 10.6. The number of rotatable bonds is 18. The van der Waals surface area contributed by atoms with Crippen molar-refractivity contribution in [3.63, 3.8) is 0 Å². The number of hydrogen-bond acceptors (Lipinski definition) is 3. The first-order valence-corrected chi connectivity index (χ1v) is 11.3. The minimum absolute atomic E-state index is 0.243. The Hall–Kier alpha value is -1.87. The molecular formula is C26H42O3. The van der Waals surface area contributed by atoms with E-state index >= 15 is 0 Å². The van der Waals surface area contributed by atoms with E-state index in [9.17, 15) is 4.79 Å². The Bertz CT molecular complexity index is 512. The molecule has 29 heavy (non-hydrogen) atoms. The average Bonchev–Trinajstić information content (AvgIpc) is 2.72. The molecule has 164 valence electrons. The van der Waals surface area contributed by atoms with Crippen LogP contribution in [0.5, 0.6) is 0 Å². The molecule has 0 rings (SSSR count). The van der Waals surface area contributed by atoms with Crippen molar-refractivity contribution in [3.8, 4) is 0 Å². The Balaban J connectivity index is 3.58. The van der Waals surface area contributed by atoms with E-state index in [2.05, 4.69) is 67.7 Å². The molecule has 3 nitrogen and oxygen atoms in total. The molecule has 0 radical (unpaired) electrons. The topological polar surface area (TPSA) is 35.5 Å². The molecular weight excluding hydrogens is 360 g/mol. The Labute approximate surface area is 179 Å². The standard InChI is InChI=1S/C26H42O3/c1-4-7-8-9-10-11-12-13-14-15-16-17-18-19-20-21-22-23-24-29-25(5-2)26(27)28-6-3/h7-8,10-11,13-14,16-17,19-20,25H,4-6,9,12,15,18,21-24H2,1-3H3. The summed E-state index contributed by atoms with van der Waals surface area (Å²) in [6, 6.07) is 0. The van der Waals surface area contributed by atoms with Gasteiger partial charge in [-0.25, -0.2) is 4.79 Å². The van der Waals surface area contributed by atoms with E-state index in [0.29, 0.717) is 19.6 Å². The van der Waals surface area contributed by atoms with Crippen molar-refractivity contribution < 1.29 is 14.3 Å². The fourth-order valence-electron chi connectivity index (χ4n) is 2.55. The normalized spacial score (nSPS) is 13.6. The molecule has 0 saturated carbocycles. The monoisotopic (exact) mass is 402 g/mol. The third-order valence-corrected chi connectivity index (χ3v) is 4.16. The Morgan fingerprint density at radius 2 is 1.24 bits per heavy atom. The highest BCUT2D eigenvalue weighted by Gasteiger charge is 2.17. The van der Waals surface area contributed by atoms with E-state index in [1.54, 1.807) is 0 Å². The number of carbonyl (C=O) groups excluding carboxylic acids is 1. The van der Waals surface area contributed by atoms with Gasteiger partial charge in [0, 0.05) is 6.61 Å². The van der Waals surface area contributed by atoms with E-state index in [0.717, 1.165) is 51.4 Å². The summed E-state index contributed by atoms with van der Waals surface area (Å²) >= 11 is 0. The van der Waals surface area contributed by atoms with Crippen molar-refractivity contribution in [1.82, 2.24) is 0 Å². The van der Waals surface area contributed by atoms with Crippen LogP contribution in [0.25, 0.3) is 0 Å². The number of ether oxygens (including phenoxy) is 2. The van der Waals surface area contributed by atoms with Crippen LogP contribution in [0.3, 0.4) is 0 Å². The molecule has 0 aliphatic carbocycles. The van der Waals surface area contributed by atoms with Crippen molar-refractivity contribution >= 4 is 5.97 Å². The first-order chi connectivity index (χ1) is 14.3. The number of esters is 1. The van der Waals surface area contributed by atoms with Crippen molar-refractivity contribution in [3.05, 3.63) is 60.8 Å². The molecule has 0 bridgehead atoms. The summed E-state index contributed by atoms with van der Waals surface area (Å²) in [5, 5.41) is 0. The molecule has 0 aliphatic rings. The fraction of sp³-hybridized carbons (Fsp3) is 0.577. The van der Waals surface area contributed by atoms with Gasteiger partial charge in [0.15, 0.2) is 6.10 Å². The predicted octanol–water partition coefficient (Wildman–Crippen LogP) is 7.27. The first-order valence-electron chi connectivity index (χ1n) is 11.3. The van der Waals surface area contributed by atoms with Crippen LogP contribution in [0, 0.1) is 0 Å². The number of hydrogen-bond donors (Lipinski definition) is 0. The molecule has 0 aromatic rings. The quantitative estimate of drug-likeness (QED) is 0.137. The van der Waals surface area contributed by atoms with E-state index in [1.165, 1.54) is 0 Å². The van der Waals surface area contributed by atoms with Gasteiger partial charge in [-0.2, -0.15) is 0 Å². The maximum Gasteiger partial charge on any atom is 0.335 e. The van der Waals surface area contributed by atoms with Crippen LogP contribution in [-0.2, 0) is 14.3 Å². The van der Waals surface area contributed by atoms with Gasteiger partial charge in [0.25, 0.3) is 0 Å². The van der Waals surface area contributed by atoms with Crippen LogP contribution < -0.4 is 0 Å². The smallest absolute Gasteiger partial charge is 0.335 e. The zero-order valence-electron chi connectivity index (χ0n) is 18.9. The summed E-state index contributed by atoms with van der Waals surface area (Å²) in [5.74, 6) is -0.243. The van der Waals surface area contributed by atoms with E-state index in [1.807, 2.05) is 13.8 Å². The minimum Gasteiger partial charge on any atom is -0.464 e. The van der Waals surface area contributed by atoms with Crippen molar-refractivity contribution in [1.29, 1.82) is 0 Å². The van der Waals surface area contributed by atoms with Gasteiger partial charge in [0.2, 0.25) is 0 Å². The highest BCUT2D eigenvalue weighted by atomic mass is 16.6. The van der Waals surface area contributed by atoms with E-state index in [4.69, 9.17) is 9.47 Å². The van der Waals surface area contributed by atoms with Crippen molar-refractivity contribution in [2.45, 2.75) is 84.7 Å². The molecule has 0 aromatic carbocycles. The lowest BCUT2D eigenvalue weighted by molar-refractivity contribution is -0.157. The Kier molecular flexibility index (Phi) is 21.0. The van der Waals surface area contributed by atoms with Gasteiger partial charge in [-0.05, 0) is 64.7 Å². The van der Waals surface area contributed by atoms with Gasteiger partial charge < -0.3 is 9.47 Å². The van der Waals surface area contributed by atoms with Gasteiger partial charge in [0.1, 0.15) is 0 Å². The lowest BCUT2D eigenvalue weighted by atomic mass is 10.2. The summed E-state index contributed by atoms with van der Waals surface area (Å²) in [4.78, 5) is 11.6. The average molecular weight is 403 g/mol. The molecule has 0 aromatic heterocycles. The van der Waals surface area contributed by atoms with Gasteiger partial charge in [0.05, 0.1) is 6.61 Å². The van der Waals surface area contributed by atoms with Gasteiger partial charge in [-0.1, -0.05) is 74.6 Å². The van der Waals surface area contributed by atoms with Crippen LogP contribution in [0.2, 0.25) is 0 Å². The number of carbonyl (C=O) groups is 1. The third-order valence-electron chi connectivity index (χ3n) is 4.16. The molecule has 0 heterocycles. The van der Waals surface area contributed by atoms with Crippen LogP contribution in [0.1, 0.15) is 78.6 Å². The molecule has 3 heteroatoms. The fourth-order valence-corrected chi connectivity index (χ4v) is 2.55. The number of unbranched alkanes of at least 4 members (excludes halogenated alkanes) is 2. The Morgan fingerprint density at radius 1 is 0.724 bits per heavy atom. The lowest BCUT2D eigenvalue weighted by Crippen LogP contribution is -2.26. The second-order valence-corrected chi connectivity index (χ2v) is 6.72. The summed E-state index contributed by atoms with van der Waals surface area (Å²) in [5.41, 5.74) is 0. The molecule has 0 saturated heterocycles. The second kappa shape index (κ2) is 22.4. The minimum atomic E-state index is -0.413. The van der Waals surface area contributed by atoms with Crippen LogP contribution >= 0.6 is 0 Å². The SMILES string of the molecule is CCC=CCC=CCC=CCC=CCC=CCCCCOC(CC)C(=O)OCC. The molecule has 1 unspecified atom stereocenters. The lowest BCUT2D eigenvalue weighted by Gasteiger charge is -2.14. The molecule has 0 fully saturated rings. The van der Waals surface area contributed by atoms with Gasteiger partial charge >= 0.3 is 5.97 Å². The summed E-state index contributed by atoms with van der Waals surface area (Å²) in [6.45, 7) is 6.93. The molecule has 0 spiro atoms. The predicted molar refractivity (Wildman–Crippen MR) is 125 cm³/mol. The molecule has 0 amide bonds. The van der Waals surface area contributed by atoms with Crippen LogP contribution in [0.4, 0.5) is 0 Å². The molecule has 0 N–H and O–H groups in total. The van der Waals surface area contributed by atoms with Crippen LogP contribution in [-0.4, -0.2) is 25.3 Å². The summed E-state index contributed by atoms with van der Waals surface area (Å²) in [6.07, 6.45) is 30.6. The third kappa shape index (κ3) is 19.2. The van der Waals surface area contributed by atoms with Crippen molar-refractivity contribution in [2.75, 3.05) is 13.2 Å². The zero-order valence-corrected chi connectivity index (χ0v) is 18.9. The number of allylic oxidation sites excluding steroid dienone is 10. The first kappa shape index (κ1) is 27.1. The van der Waals surface area contributed by atoms with Gasteiger partial charge in [-0.15, -0.1) is 0 Å². The van der Waals surface area contributed by atoms with Crippen molar-refractivity contribution in [2.24, 2.45) is 0 Å². The van der Waals surface area contributed by atoms with Crippen LogP contribution in [0.15, 0.2) is 60.8 Å². The van der Waals surface area contributed by atoms with E-state index < -0.39 is 6.10 Å². The zero-order chi connectivity index (χ0) is 21.4. The second-order valence-electron chi connectivity index (χ2n) is 6.72. The largest absolute Gasteiger partial charge is 0.464 e. The highest BCUT2D eigenvalue weighted by molar-refractivity contribution is 5.74.